The molecular formula is C14H20N2O. The molecule has 1 amide bonds. The Morgan fingerprint density at radius 1 is 1.47 bits per heavy atom. The molecule has 0 bridgehead atoms. The number of hydrogen-bond acceptors (Lipinski definition) is 2. The summed E-state index contributed by atoms with van der Waals surface area (Å²) < 4.78 is 0. The van der Waals surface area contributed by atoms with Gasteiger partial charge in [0, 0.05) is 25.2 Å². The van der Waals surface area contributed by atoms with Crippen molar-refractivity contribution in [3.05, 3.63) is 35.4 Å². The predicted octanol–water partition coefficient (Wildman–Crippen LogP) is 1.80. The first-order chi connectivity index (χ1) is 8.15. The van der Waals surface area contributed by atoms with Crippen LogP contribution in [0.2, 0.25) is 0 Å². The number of hydrogen-bond donors (Lipinski definition) is 1. The molecule has 0 heterocycles. The van der Waals surface area contributed by atoms with Gasteiger partial charge in [-0.15, -0.1) is 0 Å². The average Bonchev–Trinajstić information content (AvgIpc) is 3.14. The fourth-order valence-corrected chi connectivity index (χ4v) is 2.30. The van der Waals surface area contributed by atoms with Crippen molar-refractivity contribution in [2.45, 2.75) is 25.8 Å². The maximum Gasteiger partial charge on any atom is 0.254 e. The van der Waals surface area contributed by atoms with Crippen LogP contribution in [-0.2, 0) is 0 Å². The number of benzene rings is 1. The SMILES string of the molecule is Cc1ccccc1C(=O)N(C)C(CN)C1CC1. The van der Waals surface area contributed by atoms with E-state index in [0.29, 0.717) is 12.5 Å². The monoisotopic (exact) mass is 232 g/mol. The van der Waals surface area contributed by atoms with Crippen LogP contribution >= 0.6 is 0 Å². The van der Waals surface area contributed by atoms with E-state index >= 15 is 0 Å². The highest BCUT2D eigenvalue weighted by Crippen LogP contribution is 2.35. The summed E-state index contributed by atoms with van der Waals surface area (Å²) in [6.45, 7) is 2.52. The Hall–Kier alpha value is -1.35. The van der Waals surface area contributed by atoms with Crippen molar-refractivity contribution in [3.63, 3.8) is 0 Å². The van der Waals surface area contributed by atoms with Crippen LogP contribution in [0.5, 0.6) is 0 Å². The summed E-state index contributed by atoms with van der Waals surface area (Å²) in [6, 6.07) is 7.91. The van der Waals surface area contributed by atoms with Gasteiger partial charge >= 0.3 is 0 Å². The summed E-state index contributed by atoms with van der Waals surface area (Å²) in [5.41, 5.74) is 7.58. The molecule has 3 nitrogen and oxygen atoms in total. The highest BCUT2D eigenvalue weighted by atomic mass is 16.2. The molecule has 1 aromatic rings. The van der Waals surface area contributed by atoms with Crippen molar-refractivity contribution in [3.8, 4) is 0 Å². The van der Waals surface area contributed by atoms with Crippen molar-refractivity contribution in [1.82, 2.24) is 4.90 Å². The molecule has 0 aliphatic heterocycles. The van der Waals surface area contributed by atoms with E-state index in [9.17, 15) is 4.79 Å². The zero-order valence-electron chi connectivity index (χ0n) is 10.5. The number of nitrogens with zero attached hydrogens (tertiary/aromatic N) is 1. The Labute approximate surface area is 103 Å². The van der Waals surface area contributed by atoms with Gasteiger partial charge in [-0.2, -0.15) is 0 Å². The molecule has 0 radical (unpaired) electrons. The molecule has 0 aromatic heterocycles. The second-order valence-electron chi connectivity index (χ2n) is 4.87. The lowest BCUT2D eigenvalue weighted by molar-refractivity contribution is 0.0718. The molecule has 1 atom stereocenters. The zero-order valence-corrected chi connectivity index (χ0v) is 10.5. The molecule has 2 N–H and O–H groups in total. The standard InChI is InChI=1S/C14H20N2O/c1-10-5-3-4-6-12(10)14(17)16(2)13(9-15)11-7-8-11/h3-6,11,13H,7-9,15H2,1-2H3. The number of carbonyl (C=O) groups is 1. The van der Waals surface area contributed by atoms with Crippen molar-refractivity contribution < 1.29 is 4.79 Å². The van der Waals surface area contributed by atoms with E-state index in [0.717, 1.165) is 11.1 Å². The number of nitrogens with two attached hydrogens (primary N) is 1. The van der Waals surface area contributed by atoms with Crippen LogP contribution in [-0.4, -0.2) is 30.4 Å². The Bertz CT molecular complexity index is 412. The lowest BCUT2D eigenvalue weighted by Crippen LogP contribution is -2.43. The van der Waals surface area contributed by atoms with E-state index in [1.54, 1.807) is 0 Å². The van der Waals surface area contributed by atoms with Crippen LogP contribution in [0.4, 0.5) is 0 Å². The van der Waals surface area contributed by atoms with Gasteiger partial charge in [0.1, 0.15) is 0 Å². The summed E-state index contributed by atoms with van der Waals surface area (Å²) in [4.78, 5) is 14.2. The molecule has 1 aliphatic rings. The number of amides is 1. The zero-order chi connectivity index (χ0) is 12.4. The quantitative estimate of drug-likeness (QED) is 0.860. The first kappa shape index (κ1) is 12.1. The van der Waals surface area contributed by atoms with Gasteiger partial charge in [0.2, 0.25) is 0 Å². The second-order valence-corrected chi connectivity index (χ2v) is 4.87. The van der Waals surface area contributed by atoms with Crippen LogP contribution in [0.15, 0.2) is 24.3 Å². The van der Waals surface area contributed by atoms with Gasteiger partial charge in [-0.3, -0.25) is 4.79 Å². The molecular weight excluding hydrogens is 212 g/mol. The first-order valence-electron chi connectivity index (χ1n) is 6.18. The van der Waals surface area contributed by atoms with E-state index in [1.807, 2.05) is 43.1 Å². The van der Waals surface area contributed by atoms with Crippen LogP contribution < -0.4 is 5.73 Å². The molecule has 0 saturated heterocycles. The van der Waals surface area contributed by atoms with E-state index in [2.05, 4.69) is 0 Å². The molecule has 2 rings (SSSR count). The fraction of sp³-hybridized carbons (Fsp3) is 0.500. The van der Waals surface area contributed by atoms with Gasteiger partial charge < -0.3 is 10.6 Å². The molecule has 92 valence electrons. The van der Waals surface area contributed by atoms with Crippen molar-refractivity contribution >= 4 is 5.91 Å². The normalized spacial score (nSPS) is 16.6. The lowest BCUT2D eigenvalue weighted by atomic mass is 10.1. The van der Waals surface area contributed by atoms with Gasteiger partial charge in [-0.05, 0) is 37.3 Å². The lowest BCUT2D eigenvalue weighted by Gasteiger charge is -2.27. The van der Waals surface area contributed by atoms with Crippen LogP contribution in [0.3, 0.4) is 0 Å². The highest BCUT2D eigenvalue weighted by molar-refractivity contribution is 5.95. The first-order valence-corrected chi connectivity index (χ1v) is 6.18. The van der Waals surface area contributed by atoms with Gasteiger partial charge in [0.25, 0.3) is 5.91 Å². The Balaban J connectivity index is 2.16. The Kier molecular flexibility index (Phi) is 3.48. The smallest absolute Gasteiger partial charge is 0.254 e. The van der Waals surface area contributed by atoms with Crippen LogP contribution in [0.25, 0.3) is 0 Å². The molecule has 1 aromatic carbocycles. The molecule has 1 fully saturated rings. The van der Waals surface area contributed by atoms with Crippen molar-refractivity contribution in [1.29, 1.82) is 0 Å². The number of carbonyl (C=O) groups excluding carboxylic acids is 1. The maximum absolute atomic E-state index is 12.4. The van der Waals surface area contributed by atoms with E-state index in [-0.39, 0.29) is 11.9 Å². The number of aryl methyl sites for hydroxylation is 1. The van der Waals surface area contributed by atoms with Crippen LogP contribution in [0.1, 0.15) is 28.8 Å². The van der Waals surface area contributed by atoms with E-state index in [1.165, 1.54) is 12.8 Å². The maximum atomic E-state index is 12.4. The Morgan fingerprint density at radius 3 is 2.65 bits per heavy atom. The third kappa shape index (κ3) is 2.50. The van der Waals surface area contributed by atoms with Crippen LogP contribution in [0, 0.1) is 12.8 Å². The molecule has 1 saturated carbocycles. The number of rotatable bonds is 4. The third-order valence-electron chi connectivity index (χ3n) is 3.60. The Morgan fingerprint density at radius 2 is 2.12 bits per heavy atom. The third-order valence-corrected chi connectivity index (χ3v) is 3.60. The highest BCUT2D eigenvalue weighted by Gasteiger charge is 2.35. The minimum absolute atomic E-state index is 0.0884. The summed E-state index contributed by atoms with van der Waals surface area (Å²) in [7, 11) is 1.87. The second kappa shape index (κ2) is 4.88. The average molecular weight is 232 g/mol. The minimum Gasteiger partial charge on any atom is -0.337 e. The molecule has 17 heavy (non-hydrogen) atoms. The largest absolute Gasteiger partial charge is 0.337 e. The fourth-order valence-electron chi connectivity index (χ4n) is 2.30. The minimum atomic E-state index is 0.0884. The van der Waals surface area contributed by atoms with E-state index < -0.39 is 0 Å². The molecule has 3 heteroatoms. The summed E-state index contributed by atoms with van der Waals surface area (Å²) in [5, 5.41) is 0. The summed E-state index contributed by atoms with van der Waals surface area (Å²) in [6.07, 6.45) is 2.40. The summed E-state index contributed by atoms with van der Waals surface area (Å²) in [5.74, 6) is 0.698. The van der Waals surface area contributed by atoms with Gasteiger partial charge in [-0.1, -0.05) is 18.2 Å². The summed E-state index contributed by atoms with van der Waals surface area (Å²) >= 11 is 0. The van der Waals surface area contributed by atoms with Gasteiger partial charge in [0.05, 0.1) is 0 Å². The number of likely N-dealkylation sites (N-methyl/N-ethyl adjacent to an activating group) is 1. The topological polar surface area (TPSA) is 46.3 Å². The van der Waals surface area contributed by atoms with Gasteiger partial charge in [0.15, 0.2) is 0 Å². The molecule has 1 unspecified atom stereocenters. The molecule has 1 aliphatic carbocycles. The van der Waals surface area contributed by atoms with Crippen molar-refractivity contribution in [2.75, 3.05) is 13.6 Å². The van der Waals surface area contributed by atoms with Gasteiger partial charge in [-0.25, -0.2) is 0 Å². The van der Waals surface area contributed by atoms with Crippen molar-refractivity contribution in [2.24, 2.45) is 11.7 Å². The predicted molar refractivity (Wildman–Crippen MR) is 68.8 cm³/mol. The van der Waals surface area contributed by atoms with E-state index in [4.69, 9.17) is 5.73 Å². The molecule has 0 spiro atoms.